The lowest BCUT2D eigenvalue weighted by atomic mass is 10.1. The van der Waals surface area contributed by atoms with Crippen molar-refractivity contribution in [3.63, 3.8) is 0 Å². The second-order valence-electron chi connectivity index (χ2n) is 5.42. The summed E-state index contributed by atoms with van der Waals surface area (Å²) in [5, 5.41) is 10.5. The van der Waals surface area contributed by atoms with Crippen molar-refractivity contribution in [3.8, 4) is 0 Å². The number of carbonyl (C=O) groups is 2. The van der Waals surface area contributed by atoms with Crippen LogP contribution in [0.15, 0.2) is 54.6 Å². The monoisotopic (exact) mass is 327 g/mol. The van der Waals surface area contributed by atoms with Crippen LogP contribution in [0.5, 0.6) is 0 Å². The summed E-state index contributed by atoms with van der Waals surface area (Å²) in [6, 6.07) is 15.7. The minimum atomic E-state index is -0.717. The lowest BCUT2D eigenvalue weighted by Crippen LogP contribution is -2.30. The fourth-order valence-corrected chi connectivity index (χ4v) is 2.40. The number of hydrogen-bond acceptors (Lipinski definition) is 5. The molecule has 1 amide bonds. The number of carbonyl (C=O) groups excluding carboxylic acids is 2. The fraction of sp³-hybridized carbons (Fsp3) is 0.222. The molecule has 0 bridgehead atoms. The van der Waals surface area contributed by atoms with Crippen molar-refractivity contribution in [2.45, 2.75) is 12.7 Å². The number of ether oxygens (including phenoxy) is 1. The molecule has 24 heavy (non-hydrogen) atoms. The Morgan fingerprint density at radius 3 is 2.42 bits per heavy atom. The van der Waals surface area contributed by atoms with Gasteiger partial charge in [0.1, 0.15) is 19.3 Å². The van der Waals surface area contributed by atoms with Crippen molar-refractivity contribution in [2.75, 3.05) is 13.2 Å². The van der Waals surface area contributed by atoms with Crippen molar-refractivity contribution in [2.24, 2.45) is 0 Å². The third-order valence-electron chi connectivity index (χ3n) is 3.62. The number of nitrogens with zero attached hydrogens (tertiary/aromatic N) is 1. The van der Waals surface area contributed by atoms with Crippen LogP contribution in [0.2, 0.25) is 0 Å². The lowest BCUT2D eigenvalue weighted by molar-refractivity contribution is -0.0780. The maximum absolute atomic E-state index is 12.5. The van der Waals surface area contributed by atoms with Crippen LogP contribution >= 0.6 is 0 Å². The number of amides is 1. The Hall–Kier alpha value is -2.70. The third-order valence-corrected chi connectivity index (χ3v) is 3.62. The highest BCUT2D eigenvalue weighted by Gasteiger charge is 2.29. The molecule has 1 fully saturated rings. The molecule has 1 heterocycles. The summed E-state index contributed by atoms with van der Waals surface area (Å²) in [5.41, 5.74) is 1.22. The van der Waals surface area contributed by atoms with E-state index in [1.54, 1.807) is 12.1 Å². The van der Waals surface area contributed by atoms with Crippen LogP contribution in [0.25, 0.3) is 0 Å². The van der Waals surface area contributed by atoms with Crippen LogP contribution in [-0.4, -0.2) is 41.3 Å². The van der Waals surface area contributed by atoms with Crippen molar-refractivity contribution in [1.29, 1.82) is 0 Å². The molecule has 1 N–H and O–H groups in total. The van der Waals surface area contributed by atoms with Crippen molar-refractivity contribution >= 4 is 11.9 Å². The van der Waals surface area contributed by atoms with Crippen molar-refractivity contribution < 1.29 is 24.3 Å². The molecule has 124 valence electrons. The molecule has 1 aliphatic rings. The molecule has 3 rings (SSSR count). The van der Waals surface area contributed by atoms with Gasteiger partial charge in [0, 0.05) is 0 Å². The average molecular weight is 327 g/mol. The summed E-state index contributed by atoms with van der Waals surface area (Å²) < 4.78 is 5.29. The molecule has 1 atom stereocenters. The minimum absolute atomic E-state index is 0.0619. The predicted octanol–water partition coefficient (Wildman–Crippen LogP) is 1.79. The smallest absolute Gasteiger partial charge is 0.339 e. The van der Waals surface area contributed by atoms with Gasteiger partial charge in [0.25, 0.3) is 5.91 Å². The van der Waals surface area contributed by atoms with Gasteiger partial charge in [0.15, 0.2) is 0 Å². The Morgan fingerprint density at radius 2 is 1.75 bits per heavy atom. The maximum atomic E-state index is 12.5. The number of hydrogen-bond donors (Lipinski definition) is 1. The zero-order chi connectivity index (χ0) is 16.9. The zero-order valence-corrected chi connectivity index (χ0v) is 12.9. The number of hydroxylamine groups is 2. The van der Waals surface area contributed by atoms with E-state index in [2.05, 4.69) is 0 Å². The van der Waals surface area contributed by atoms with E-state index < -0.39 is 18.0 Å². The van der Waals surface area contributed by atoms with E-state index in [-0.39, 0.29) is 30.9 Å². The molecule has 1 unspecified atom stereocenters. The Bertz CT molecular complexity index is 731. The molecule has 6 heteroatoms. The van der Waals surface area contributed by atoms with Crippen LogP contribution in [0.3, 0.4) is 0 Å². The number of esters is 1. The minimum Gasteiger partial charge on any atom is -0.457 e. The first kappa shape index (κ1) is 16.2. The van der Waals surface area contributed by atoms with Crippen LogP contribution in [-0.2, 0) is 16.2 Å². The molecule has 0 saturated carbocycles. The van der Waals surface area contributed by atoms with Gasteiger partial charge in [-0.1, -0.05) is 42.5 Å². The van der Waals surface area contributed by atoms with Gasteiger partial charge in [-0.25, -0.2) is 9.86 Å². The summed E-state index contributed by atoms with van der Waals surface area (Å²) in [4.78, 5) is 29.9. The molecular weight excluding hydrogens is 310 g/mol. The summed E-state index contributed by atoms with van der Waals surface area (Å²) in [6.45, 7) is 0.264. The second-order valence-corrected chi connectivity index (χ2v) is 5.42. The van der Waals surface area contributed by atoms with Crippen LogP contribution in [0.1, 0.15) is 26.3 Å². The molecule has 1 saturated heterocycles. The van der Waals surface area contributed by atoms with Gasteiger partial charge in [0.2, 0.25) is 0 Å². The van der Waals surface area contributed by atoms with E-state index in [1.165, 1.54) is 12.1 Å². The number of rotatable bonds is 4. The summed E-state index contributed by atoms with van der Waals surface area (Å²) in [7, 11) is 0. The maximum Gasteiger partial charge on any atom is 0.339 e. The zero-order valence-electron chi connectivity index (χ0n) is 12.9. The average Bonchev–Trinajstić information content (AvgIpc) is 3.06. The van der Waals surface area contributed by atoms with E-state index in [9.17, 15) is 14.7 Å². The van der Waals surface area contributed by atoms with Gasteiger partial charge >= 0.3 is 5.97 Å². The summed E-state index contributed by atoms with van der Waals surface area (Å²) in [5.74, 6) is -1.05. The first-order chi connectivity index (χ1) is 11.6. The molecule has 0 aromatic heterocycles. The molecule has 0 spiro atoms. The largest absolute Gasteiger partial charge is 0.457 e. The Morgan fingerprint density at radius 1 is 1.08 bits per heavy atom. The van der Waals surface area contributed by atoms with Crippen molar-refractivity contribution in [1.82, 2.24) is 5.06 Å². The van der Waals surface area contributed by atoms with E-state index in [0.717, 1.165) is 10.6 Å². The number of benzene rings is 2. The number of aliphatic hydroxyl groups excluding tert-OH is 1. The highest BCUT2D eigenvalue weighted by molar-refractivity contribution is 6.05. The molecule has 0 radical (unpaired) electrons. The van der Waals surface area contributed by atoms with E-state index in [4.69, 9.17) is 9.57 Å². The second kappa shape index (κ2) is 7.25. The highest BCUT2D eigenvalue weighted by atomic mass is 16.7. The highest BCUT2D eigenvalue weighted by Crippen LogP contribution is 2.17. The third kappa shape index (κ3) is 3.61. The molecule has 2 aromatic carbocycles. The summed E-state index contributed by atoms with van der Waals surface area (Å²) >= 11 is 0. The van der Waals surface area contributed by atoms with E-state index in [1.807, 2.05) is 30.3 Å². The molecule has 1 aliphatic heterocycles. The topological polar surface area (TPSA) is 76.1 Å². The predicted molar refractivity (Wildman–Crippen MR) is 85.0 cm³/mol. The fourth-order valence-electron chi connectivity index (χ4n) is 2.40. The molecule has 6 nitrogen and oxygen atoms in total. The Labute approximate surface area is 139 Å². The van der Waals surface area contributed by atoms with Gasteiger partial charge in [-0.2, -0.15) is 0 Å². The lowest BCUT2D eigenvalue weighted by Gasteiger charge is -2.16. The number of aliphatic hydroxyl groups is 1. The van der Waals surface area contributed by atoms with Gasteiger partial charge < -0.3 is 9.84 Å². The van der Waals surface area contributed by atoms with Crippen molar-refractivity contribution in [3.05, 3.63) is 71.3 Å². The standard InChI is InChI=1S/C18H17NO5/c20-14-10-19(24-12-14)17(21)15-8-4-5-9-16(15)18(22)23-11-13-6-2-1-3-7-13/h1-9,14,20H,10-12H2. The van der Waals surface area contributed by atoms with E-state index >= 15 is 0 Å². The van der Waals surface area contributed by atoms with Gasteiger partial charge in [-0.15, -0.1) is 0 Å². The SMILES string of the molecule is O=C(OCc1ccccc1)c1ccccc1C(=O)N1CC(O)CO1. The molecule has 0 aliphatic carbocycles. The summed E-state index contributed by atoms with van der Waals surface area (Å²) in [6.07, 6.45) is -0.717. The number of β-amino-alcohol motifs (C(OH)–C–C–N with tert-alkyl or cyclic N) is 1. The quantitative estimate of drug-likeness (QED) is 0.867. The molecular formula is C18H17NO5. The molecule has 2 aromatic rings. The van der Waals surface area contributed by atoms with Crippen LogP contribution < -0.4 is 0 Å². The van der Waals surface area contributed by atoms with Crippen LogP contribution in [0.4, 0.5) is 0 Å². The Kier molecular flexibility index (Phi) is 4.88. The van der Waals surface area contributed by atoms with Crippen LogP contribution in [0, 0.1) is 0 Å². The van der Waals surface area contributed by atoms with Gasteiger partial charge in [-0.05, 0) is 17.7 Å². The van der Waals surface area contributed by atoms with Gasteiger partial charge in [0.05, 0.1) is 17.7 Å². The first-order valence-corrected chi connectivity index (χ1v) is 7.58. The first-order valence-electron chi connectivity index (χ1n) is 7.58. The van der Waals surface area contributed by atoms with E-state index in [0.29, 0.717) is 0 Å². The normalized spacial score (nSPS) is 16.9. The van der Waals surface area contributed by atoms with Gasteiger partial charge in [-0.3, -0.25) is 9.63 Å². The Balaban J connectivity index is 1.73.